The number of rotatable bonds is 4. The molecule has 2 heterocycles. The van der Waals surface area contributed by atoms with Gasteiger partial charge >= 0.3 is 0 Å². The number of hydrogen-bond acceptors (Lipinski definition) is 3. The number of nitrogens with one attached hydrogen (secondary N) is 1. The summed E-state index contributed by atoms with van der Waals surface area (Å²) < 4.78 is 0. The topological polar surface area (TPSA) is 45.2 Å². The van der Waals surface area contributed by atoms with Crippen molar-refractivity contribution in [1.82, 2.24) is 9.88 Å². The molecule has 1 aliphatic rings. The molecule has 4 heteroatoms. The minimum absolute atomic E-state index is 0.0490. The number of amides is 1. The molecule has 0 bridgehead atoms. The van der Waals surface area contributed by atoms with E-state index in [2.05, 4.69) is 29.4 Å². The summed E-state index contributed by atoms with van der Waals surface area (Å²) >= 11 is 0. The minimum Gasteiger partial charge on any atom is -0.378 e. The Labute approximate surface area is 143 Å². The normalized spacial score (nSPS) is 16.3. The number of pyridine rings is 1. The zero-order chi connectivity index (χ0) is 16.8. The molecular weight excluding hydrogens is 298 g/mol. The average Bonchev–Trinajstić information content (AvgIpc) is 2.91. The Balaban J connectivity index is 1.70. The van der Waals surface area contributed by atoms with Crippen molar-refractivity contribution in [2.24, 2.45) is 0 Å². The molecular formula is C20H25N3O. The molecule has 1 atom stereocenters. The SMILES string of the molecule is CC(Nc1ccnc(C(=O)N2CCCCCC2)c1)c1ccccc1. The third kappa shape index (κ3) is 4.13. The van der Waals surface area contributed by atoms with Gasteiger partial charge in [-0.2, -0.15) is 0 Å². The molecule has 3 rings (SSSR count). The molecule has 1 amide bonds. The van der Waals surface area contributed by atoms with Gasteiger partial charge in [-0.3, -0.25) is 9.78 Å². The predicted octanol–water partition coefficient (Wildman–Crippen LogP) is 4.27. The zero-order valence-electron chi connectivity index (χ0n) is 14.2. The van der Waals surface area contributed by atoms with Crippen molar-refractivity contribution in [2.45, 2.75) is 38.6 Å². The molecule has 1 unspecified atom stereocenters. The van der Waals surface area contributed by atoms with Crippen LogP contribution in [0.1, 0.15) is 54.7 Å². The maximum Gasteiger partial charge on any atom is 0.272 e. The van der Waals surface area contributed by atoms with Gasteiger partial charge in [0.05, 0.1) is 0 Å². The molecule has 1 aromatic carbocycles. The Bertz CT molecular complexity index is 664. The molecule has 1 aromatic heterocycles. The first-order chi connectivity index (χ1) is 11.7. The molecule has 24 heavy (non-hydrogen) atoms. The second-order valence-corrected chi connectivity index (χ2v) is 6.41. The van der Waals surface area contributed by atoms with Crippen LogP contribution >= 0.6 is 0 Å². The van der Waals surface area contributed by atoms with E-state index in [4.69, 9.17) is 0 Å². The highest BCUT2D eigenvalue weighted by Crippen LogP contribution is 2.20. The van der Waals surface area contributed by atoms with Gasteiger partial charge in [-0.1, -0.05) is 43.2 Å². The lowest BCUT2D eigenvalue weighted by atomic mass is 10.1. The molecule has 0 aliphatic carbocycles. The summed E-state index contributed by atoms with van der Waals surface area (Å²) in [5.41, 5.74) is 2.68. The Hall–Kier alpha value is -2.36. The number of hydrogen-bond donors (Lipinski definition) is 1. The number of carbonyl (C=O) groups excluding carboxylic acids is 1. The molecule has 0 saturated carbocycles. The highest BCUT2D eigenvalue weighted by atomic mass is 16.2. The van der Waals surface area contributed by atoms with Crippen molar-refractivity contribution in [3.8, 4) is 0 Å². The Morgan fingerprint density at radius 1 is 1.08 bits per heavy atom. The minimum atomic E-state index is 0.0490. The van der Waals surface area contributed by atoms with Gasteiger partial charge in [0.1, 0.15) is 5.69 Å². The first-order valence-corrected chi connectivity index (χ1v) is 8.81. The number of aromatic nitrogens is 1. The lowest BCUT2D eigenvalue weighted by molar-refractivity contribution is 0.0756. The van der Waals surface area contributed by atoms with Crippen LogP contribution in [0.3, 0.4) is 0 Å². The van der Waals surface area contributed by atoms with Crippen LogP contribution in [0.15, 0.2) is 48.7 Å². The van der Waals surface area contributed by atoms with E-state index < -0.39 is 0 Å². The highest BCUT2D eigenvalue weighted by molar-refractivity contribution is 5.93. The van der Waals surface area contributed by atoms with Gasteiger partial charge in [-0.15, -0.1) is 0 Å². The van der Waals surface area contributed by atoms with Crippen molar-refractivity contribution < 1.29 is 4.79 Å². The summed E-state index contributed by atoms with van der Waals surface area (Å²) in [4.78, 5) is 18.9. The van der Waals surface area contributed by atoms with E-state index in [-0.39, 0.29) is 11.9 Å². The van der Waals surface area contributed by atoms with Crippen LogP contribution in [0, 0.1) is 0 Å². The van der Waals surface area contributed by atoms with Gasteiger partial charge < -0.3 is 10.2 Å². The van der Waals surface area contributed by atoms with Gasteiger partial charge in [0.15, 0.2) is 0 Å². The molecule has 4 nitrogen and oxygen atoms in total. The number of anilines is 1. The van der Waals surface area contributed by atoms with Gasteiger partial charge in [0.25, 0.3) is 5.91 Å². The van der Waals surface area contributed by atoms with Crippen LogP contribution in [0.25, 0.3) is 0 Å². The zero-order valence-corrected chi connectivity index (χ0v) is 14.2. The van der Waals surface area contributed by atoms with E-state index in [0.717, 1.165) is 31.6 Å². The number of benzene rings is 1. The number of likely N-dealkylation sites (tertiary alicyclic amines) is 1. The second kappa shape index (κ2) is 7.95. The van der Waals surface area contributed by atoms with Crippen molar-refractivity contribution in [1.29, 1.82) is 0 Å². The number of carbonyl (C=O) groups is 1. The summed E-state index contributed by atoms with van der Waals surface area (Å²) in [7, 11) is 0. The monoisotopic (exact) mass is 323 g/mol. The molecule has 2 aromatic rings. The number of nitrogens with zero attached hydrogens (tertiary/aromatic N) is 2. The third-order valence-electron chi connectivity index (χ3n) is 4.56. The molecule has 1 saturated heterocycles. The standard InChI is InChI=1S/C20H25N3O/c1-16(17-9-5-4-6-10-17)22-18-11-12-21-19(15-18)20(24)23-13-7-2-3-8-14-23/h4-6,9-12,15-16H,2-3,7-8,13-14H2,1H3,(H,21,22). The Morgan fingerprint density at radius 3 is 2.50 bits per heavy atom. The van der Waals surface area contributed by atoms with Gasteiger partial charge in [0, 0.05) is 31.0 Å². The van der Waals surface area contributed by atoms with Crippen LogP contribution in [-0.2, 0) is 0 Å². The summed E-state index contributed by atoms with van der Waals surface area (Å²) in [6, 6.07) is 14.2. The van der Waals surface area contributed by atoms with E-state index in [0.29, 0.717) is 5.69 Å². The van der Waals surface area contributed by atoms with Crippen LogP contribution in [-0.4, -0.2) is 28.9 Å². The first kappa shape index (κ1) is 16.5. The van der Waals surface area contributed by atoms with Crippen LogP contribution < -0.4 is 5.32 Å². The molecule has 126 valence electrons. The molecule has 1 aliphatic heterocycles. The Kier molecular flexibility index (Phi) is 5.47. The van der Waals surface area contributed by atoms with E-state index in [1.54, 1.807) is 6.20 Å². The summed E-state index contributed by atoms with van der Waals surface area (Å²) in [6.45, 7) is 3.81. The van der Waals surface area contributed by atoms with Crippen LogP contribution in [0.2, 0.25) is 0 Å². The lowest BCUT2D eigenvalue weighted by Gasteiger charge is -2.20. The van der Waals surface area contributed by atoms with E-state index in [1.807, 2.05) is 35.2 Å². The maximum atomic E-state index is 12.7. The molecule has 1 N–H and O–H groups in total. The molecule has 0 radical (unpaired) electrons. The van der Waals surface area contributed by atoms with Gasteiger partial charge in [-0.25, -0.2) is 0 Å². The molecule has 1 fully saturated rings. The highest BCUT2D eigenvalue weighted by Gasteiger charge is 2.18. The summed E-state index contributed by atoms with van der Waals surface area (Å²) in [5, 5.41) is 3.46. The summed E-state index contributed by atoms with van der Waals surface area (Å²) in [6.07, 6.45) is 6.33. The quantitative estimate of drug-likeness (QED) is 0.914. The fourth-order valence-corrected chi connectivity index (χ4v) is 3.15. The Morgan fingerprint density at radius 2 is 1.79 bits per heavy atom. The second-order valence-electron chi connectivity index (χ2n) is 6.41. The van der Waals surface area contributed by atoms with Crippen LogP contribution in [0.4, 0.5) is 5.69 Å². The fraction of sp³-hybridized carbons (Fsp3) is 0.400. The van der Waals surface area contributed by atoms with Crippen molar-refractivity contribution in [3.05, 3.63) is 59.9 Å². The van der Waals surface area contributed by atoms with Crippen molar-refractivity contribution in [2.75, 3.05) is 18.4 Å². The van der Waals surface area contributed by atoms with E-state index in [9.17, 15) is 4.79 Å². The van der Waals surface area contributed by atoms with Crippen LogP contribution in [0.5, 0.6) is 0 Å². The predicted molar refractivity (Wildman–Crippen MR) is 97.1 cm³/mol. The molecule has 0 spiro atoms. The largest absolute Gasteiger partial charge is 0.378 e. The van der Waals surface area contributed by atoms with E-state index >= 15 is 0 Å². The smallest absolute Gasteiger partial charge is 0.272 e. The van der Waals surface area contributed by atoms with Gasteiger partial charge in [0.2, 0.25) is 0 Å². The lowest BCUT2D eigenvalue weighted by Crippen LogP contribution is -2.32. The first-order valence-electron chi connectivity index (χ1n) is 8.81. The maximum absolute atomic E-state index is 12.7. The average molecular weight is 323 g/mol. The van der Waals surface area contributed by atoms with E-state index in [1.165, 1.54) is 18.4 Å². The van der Waals surface area contributed by atoms with Crippen molar-refractivity contribution in [3.63, 3.8) is 0 Å². The third-order valence-corrected chi connectivity index (χ3v) is 4.56. The van der Waals surface area contributed by atoms with Gasteiger partial charge in [-0.05, 0) is 37.5 Å². The summed E-state index contributed by atoms with van der Waals surface area (Å²) in [5.74, 6) is 0.0490. The fourth-order valence-electron chi connectivity index (χ4n) is 3.15. The van der Waals surface area contributed by atoms with Crippen molar-refractivity contribution >= 4 is 11.6 Å².